The fraction of sp³-hybridized carbons (Fsp3) is 0.588. The lowest BCUT2D eigenvalue weighted by atomic mass is 9.89. The third kappa shape index (κ3) is 3.14. The van der Waals surface area contributed by atoms with Crippen molar-refractivity contribution in [2.24, 2.45) is 5.92 Å². The van der Waals surface area contributed by atoms with Crippen LogP contribution < -0.4 is 10.5 Å². The van der Waals surface area contributed by atoms with Crippen LogP contribution in [0.2, 0.25) is 0 Å². The van der Waals surface area contributed by atoms with E-state index in [0.717, 1.165) is 23.5 Å². The number of ether oxygens (including phenoxy) is 1. The molecule has 0 spiro atoms. The maximum absolute atomic E-state index is 12.5. The molecule has 0 saturated heterocycles. The third-order valence-corrected chi connectivity index (χ3v) is 4.61. The number of rotatable bonds is 2. The van der Waals surface area contributed by atoms with Gasteiger partial charge in [0.05, 0.1) is 0 Å². The highest BCUT2D eigenvalue weighted by Gasteiger charge is 2.29. The van der Waals surface area contributed by atoms with E-state index < -0.39 is 6.10 Å². The van der Waals surface area contributed by atoms with Crippen molar-refractivity contribution in [1.29, 1.82) is 0 Å². The van der Waals surface area contributed by atoms with Crippen LogP contribution >= 0.6 is 0 Å². The van der Waals surface area contributed by atoms with E-state index in [1.165, 1.54) is 32.1 Å². The molecule has 3 rings (SSSR count). The Morgan fingerprint density at radius 3 is 2.81 bits per heavy atom. The summed E-state index contributed by atoms with van der Waals surface area (Å²) in [5.74, 6) is 1.52. The number of carbonyl (C=O) groups is 1. The van der Waals surface area contributed by atoms with Crippen molar-refractivity contribution in [3.05, 3.63) is 23.8 Å². The quantitative estimate of drug-likeness (QED) is 0.851. The topological polar surface area (TPSA) is 55.6 Å². The second-order valence-corrected chi connectivity index (χ2v) is 6.35. The van der Waals surface area contributed by atoms with Crippen LogP contribution in [0.25, 0.3) is 0 Å². The number of amides is 1. The fourth-order valence-electron chi connectivity index (χ4n) is 3.46. The van der Waals surface area contributed by atoms with E-state index in [1.54, 1.807) is 0 Å². The first kappa shape index (κ1) is 14.2. The van der Waals surface area contributed by atoms with Gasteiger partial charge in [-0.1, -0.05) is 19.3 Å². The Bertz CT molecular complexity index is 524. The average Bonchev–Trinajstić information content (AvgIpc) is 2.59. The number of nitrogen functional groups attached to an aromatic ring is 1. The Labute approximate surface area is 126 Å². The Kier molecular flexibility index (Phi) is 4.04. The average molecular weight is 288 g/mol. The van der Waals surface area contributed by atoms with Crippen molar-refractivity contribution >= 4 is 11.6 Å². The van der Waals surface area contributed by atoms with Crippen molar-refractivity contribution in [3.63, 3.8) is 0 Å². The SMILES string of the molecule is C[C@@H]1Oc2ccc(N)cc2CN(CC2CCCCC2)C1=O. The van der Waals surface area contributed by atoms with E-state index in [1.807, 2.05) is 30.0 Å². The highest BCUT2D eigenvalue weighted by Crippen LogP contribution is 2.30. The van der Waals surface area contributed by atoms with Gasteiger partial charge in [0.1, 0.15) is 5.75 Å². The summed E-state index contributed by atoms with van der Waals surface area (Å²) >= 11 is 0. The monoisotopic (exact) mass is 288 g/mol. The first-order valence-corrected chi connectivity index (χ1v) is 7.97. The smallest absolute Gasteiger partial charge is 0.263 e. The third-order valence-electron chi connectivity index (χ3n) is 4.61. The zero-order valence-corrected chi connectivity index (χ0v) is 12.7. The molecule has 0 unspecified atom stereocenters. The van der Waals surface area contributed by atoms with E-state index in [2.05, 4.69) is 0 Å². The van der Waals surface area contributed by atoms with Gasteiger partial charge in [0.2, 0.25) is 0 Å². The molecule has 0 radical (unpaired) electrons. The highest BCUT2D eigenvalue weighted by atomic mass is 16.5. The van der Waals surface area contributed by atoms with Crippen LogP contribution in [0, 0.1) is 5.92 Å². The number of hydrogen-bond donors (Lipinski definition) is 1. The molecule has 1 aromatic rings. The van der Waals surface area contributed by atoms with Crippen LogP contribution in [0.3, 0.4) is 0 Å². The largest absolute Gasteiger partial charge is 0.481 e. The molecular formula is C17H24N2O2. The van der Waals surface area contributed by atoms with E-state index >= 15 is 0 Å². The first-order chi connectivity index (χ1) is 10.1. The molecule has 0 aromatic heterocycles. The summed E-state index contributed by atoms with van der Waals surface area (Å²) in [5, 5.41) is 0. The predicted octanol–water partition coefficient (Wildman–Crippen LogP) is 2.96. The number of nitrogens with zero attached hydrogens (tertiary/aromatic N) is 1. The van der Waals surface area contributed by atoms with Crippen LogP contribution in [0.4, 0.5) is 5.69 Å². The minimum absolute atomic E-state index is 0.0929. The van der Waals surface area contributed by atoms with Crippen molar-refractivity contribution < 1.29 is 9.53 Å². The van der Waals surface area contributed by atoms with Crippen LogP contribution in [0.5, 0.6) is 5.75 Å². The van der Waals surface area contributed by atoms with E-state index in [4.69, 9.17) is 10.5 Å². The van der Waals surface area contributed by atoms with Gasteiger partial charge in [-0.3, -0.25) is 4.79 Å². The molecule has 1 aliphatic carbocycles. The number of nitrogens with two attached hydrogens (primary N) is 1. The predicted molar refractivity (Wildman–Crippen MR) is 82.9 cm³/mol. The lowest BCUT2D eigenvalue weighted by Gasteiger charge is -2.29. The summed E-state index contributed by atoms with van der Waals surface area (Å²) in [7, 11) is 0. The summed E-state index contributed by atoms with van der Waals surface area (Å²) < 4.78 is 5.80. The maximum atomic E-state index is 12.5. The number of fused-ring (bicyclic) bond motifs is 1. The maximum Gasteiger partial charge on any atom is 0.263 e. The van der Waals surface area contributed by atoms with Crippen LogP contribution in [0.15, 0.2) is 18.2 Å². The Morgan fingerprint density at radius 1 is 1.29 bits per heavy atom. The fourth-order valence-corrected chi connectivity index (χ4v) is 3.46. The van der Waals surface area contributed by atoms with Crippen molar-refractivity contribution in [1.82, 2.24) is 4.90 Å². The molecule has 1 saturated carbocycles. The van der Waals surface area contributed by atoms with Gasteiger partial charge in [-0.2, -0.15) is 0 Å². The Hall–Kier alpha value is -1.71. The Morgan fingerprint density at radius 2 is 2.05 bits per heavy atom. The second-order valence-electron chi connectivity index (χ2n) is 6.35. The number of benzene rings is 1. The molecule has 1 heterocycles. The minimum atomic E-state index is -0.418. The van der Waals surface area contributed by atoms with Gasteiger partial charge in [0.15, 0.2) is 6.10 Å². The van der Waals surface area contributed by atoms with E-state index in [9.17, 15) is 4.79 Å². The minimum Gasteiger partial charge on any atom is -0.481 e. The zero-order valence-electron chi connectivity index (χ0n) is 12.7. The van der Waals surface area contributed by atoms with Gasteiger partial charge in [-0.05, 0) is 43.9 Å². The van der Waals surface area contributed by atoms with Gasteiger partial charge < -0.3 is 15.4 Å². The molecule has 1 amide bonds. The number of carbonyl (C=O) groups excluding carboxylic acids is 1. The van der Waals surface area contributed by atoms with Gasteiger partial charge in [0.25, 0.3) is 5.91 Å². The molecule has 1 aliphatic heterocycles. The molecule has 2 N–H and O–H groups in total. The summed E-state index contributed by atoms with van der Waals surface area (Å²) in [5.41, 5.74) is 7.61. The lowest BCUT2D eigenvalue weighted by Crippen LogP contribution is -2.40. The number of anilines is 1. The highest BCUT2D eigenvalue weighted by molar-refractivity contribution is 5.81. The molecule has 1 fully saturated rings. The van der Waals surface area contributed by atoms with Crippen molar-refractivity contribution in [2.45, 2.75) is 51.7 Å². The zero-order chi connectivity index (χ0) is 14.8. The second kappa shape index (κ2) is 5.96. The summed E-state index contributed by atoms with van der Waals surface area (Å²) in [6, 6.07) is 5.62. The van der Waals surface area contributed by atoms with Gasteiger partial charge >= 0.3 is 0 Å². The van der Waals surface area contributed by atoms with E-state index in [-0.39, 0.29) is 5.91 Å². The van der Waals surface area contributed by atoms with Gasteiger partial charge in [-0.15, -0.1) is 0 Å². The summed E-state index contributed by atoms with van der Waals surface area (Å²) in [6.07, 6.45) is 5.98. The molecule has 4 nitrogen and oxygen atoms in total. The molecule has 114 valence electrons. The standard InChI is InChI=1S/C17H24N2O2/c1-12-17(20)19(10-13-5-3-2-4-6-13)11-14-9-15(18)7-8-16(14)21-12/h7-9,12-13H,2-6,10-11,18H2,1H3/t12-/m0/s1. The molecule has 1 aromatic carbocycles. The van der Waals surface area contributed by atoms with Crippen LogP contribution in [-0.2, 0) is 11.3 Å². The normalized spacial score (nSPS) is 23.4. The lowest BCUT2D eigenvalue weighted by molar-refractivity contribution is -0.138. The molecule has 4 heteroatoms. The van der Waals surface area contributed by atoms with Crippen molar-refractivity contribution in [2.75, 3.05) is 12.3 Å². The van der Waals surface area contributed by atoms with Gasteiger partial charge in [-0.25, -0.2) is 0 Å². The van der Waals surface area contributed by atoms with E-state index in [0.29, 0.717) is 12.5 Å². The summed E-state index contributed by atoms with van der Waals surface area (Å²) in [6.45, 7) is 3.29. The molecule has 0 bridgehead atoms. The summed E-state index contributed by atoms with van der Waals surface area (Å²) in [4.78, 5) is 14.5. The number of hydrogen-bond acceptors (Lipinski definition) is 3. The van der Waals surface area contributed by atoms with Crippen LogP contribution in [-0.4, -0.2) is 23.5 Å². The molecule has 2 aliphatic rings. The van der Waals surface area contributed by atoms with Crippen LogP contribution in [0.1, 0.15) is 44.6 Å². The van der Waals surface area contributed by atoms with Gasteiger partial charge in [0, 0.05) is 24.3 Å². The molecule has 1 atom stereocenters. The van der Waals surface area contributed by atoms with Crippen molar-refractivity contribution in [3.8, 4) is 5.75 Å². The Balaban J connectivity index is 1.80. The molecular weight excluding hydrogens is 264 g/mol. The first-order valence-electron chi connectivity index (χ1n) is 7.97. The molecule has 21 heavy (non-hydrogen) atoms.